The standard InChI is InChI=1S/C9H14N4/c1-6(2)5-11-9-8(4-10)7(3)12-13-9/h4-6,10H,1-3H3,(H,12,13). The lowest BCUT2D eigenvalue weighted by Gasteiger charge is -1.92. The molecule has 0 saturated heterocycles. The molecule has 0 bridgehead atoms. The van der Waals surface area contributed by atoms with Gasteiger partial charge in [0.1, 0.15) is 0 Å². The molecule has 0 spiro atoms. The minimum Gasteiger partial charge on any atom is -0.308 e. The van der Waals surface area contributed by atoms with E-state index in [-0.39, 0.29) is 0 Å². The molecule has 70 valence electrons. The molecular formula is C9H14N4. The zero-order valence-corrected chi connectivity index (χ0v) is 8.13. The number of aliphatic imine (C=N–C) groups is 1. The Balaban J connectivity index is 2.94. The maximum atomic E-state index is 7.17. The van der Waals surface area contributed by atoms with Gasteiger partial charge in [0.25, 0.3) is 0 Å². The van der Waals surface area contributed by atoms with Crippen molar-refractivity contribution in [3.8, 4) is 0 Å². The molecule has 1 heterocycles. The van der Waals surface area contributed by atoms with E-state index in [0.717, 1.165) is 11.3 Å². The molecule has 1 aromatic heterocycles. The molecule has 4 nitrogen and oxygen atoms in total. The summed E-state index contributed by atoms with van der Waals surface area (Å²) in [7, 11) is 0. The predicted octanol–water partition coefficient (Wildman–Crippen LogP) is 2.07. The Morgan fingerprint density at radius 1 is 1.54 bits per heavy atom. The molecule has 0 fully saturated rings. The summed E-state index contributed by atoms with van der Waals surface area (Å²) in [6.07, 6.45) is 3.09. The number of aryl methyl sites for hydroxylation is 1. The molecule has 2 N–H and O–H groups in total. The zero-order valence-electron chi connectivity index (χ0n) is 8.13. The van der Waals surface area contributed by atoms with Gasteiger partial charge in [0.05, 0.1) is 5.56 Å². The van der Waals surface area contributed by atoms with Gasteiger partial charge in [0.2, 0.25) is 0 Å². The second kappa shape index (κ2) is 3.98. The third-order valence-corrected chi connectivity index (χ3v) is 1.61. The number of aromatic amines is 1. The predicted molar refractivity (Wildman–Crippen MR) is 54.2 cm³/mol. The number of nitrogens with zero attached hydrogens (tertiary/aromatic N) is 2. The fraction of sp³-hybridized carbons (Fsp3) is 0.444. The lowest BCUT2D eigenvalue weighted by Crippen LogP contribution is -1.87. The van der Waals surface area contributed by atoms with Gasteiger partial charge in [-0.2, -0.15) is 5.10 Å². The summed E-state index contributed by atoms with van der Waals surface area (Å²) in [6.45, 7) is 5.97. The van der Waals surface area contributed by atoms with Crippen molar-refractivity contribution in [1.82, 2.24) is 10.2 Å². The fourth-order valence-corrected chi connectivity index (χ4v) is 0.916. The molecular weight excluding hydrogens is 164 g/mol. The van der Waals surface area contributed by atoms with Crippen molar-refractivity contribution in [2.24, 2.45) is 10.9 Å². The van der Waals surface area contributed by atoms with Crippen LogP contribution in [0.2, 0.25) is 0 Å². The summed E-state index contributed by atoms with van der Waals surface area (Å²) in [5.74, 6) is 0.997. The largest absolute Gasteiger partial charge is 0.308 e. The van der Waals surface area contributed by atoms with Crippen LogP contribution >= 0.6 is 0 Å². The van der Waals surface area contributed by atoms with Gasteiger partial charge < -0.3 is 5.41 Å². The Labute approximate surface area is 77.6 Å². The maximum absolute atomic E-state index is 7.17. The quantitative estimate of drug-likeness (QED) is 0.684. The first kappa shape index (κ1) is 9.64. The van der Waals surface area contributed by atoms with E-state index in [1.54, 1.807) is 0 Å². The number of aromatic nitrogens is 2. The highest BCUT2D eigenvalue weighted by Crippen LogP contribution is 2.16. The summed E-state index contributed by atoms with van der Waals surface area (Å²) in [5, 5.41) is 14.0. The Bertz CT molecular complexity index is 322. The van der Waals surface area contributed by atoms with Gasteiger partial charge in [0, 0.05) is 18.1 Å². The van der Waals surface area contributed by atoms with Crippen molar-refractivity contribution in [3.63, 3.8) is 0 Å². The van der Waals surface area contributed by atoms with Crippen LogP contribution < -0.4 is 0 Å². The van der Waals surface area contributed by atoms with Crippen molar-refractivity contribution in [2.45, 2.75) is 20.8 Å². The highest BCUT2D eigenvalue weighted by atomic mass is 15.2. The lowest BCUT2D eigenvalue weighted by atomic mass is 10.2. The molecule has 0 aromatic carbocycles. The summed E-state index contributed by atoms with van der Waals surface area (Å²) < 4.78 is 0. The van der Waals surface area contributed by atoms with Crippen molar-refractivity contribution in [1.29, 1.82) is 5.41 Å². The van der Waals surface area contributed by atoms with Gasteiger partial charge >= 0.3 is 0 Å². The van der Waals surface area contributed by atoms with Crippen LogP contribution in [0, 0.1) is 18.3 Å². The summed E-state index contributed by atoms with van der Waals surface area (Å²) >= 11 is 0. The summed E-state index contributed by atoms with van der Waals surface area (Å²) in [4.78, 5) is 4.18. The van der Waals surface area contributed by atoms with Crippen molar-refractivity contribution in [2.75, 3.05) is 0 Å². The van der Waals surface area contributed by atoms with Crippen molar-refractivity contribution >= 4 is 18.2 Å². The molecule has 0 atom stereocenters. The van der Waals surface area contributed by atoms with Crippen LogP contribution in [0.25, 0.3) is 0 Å². The summed E-state index contributed by atoms with van der Waals surface area (Å²) in [5.41, 5.74) is 1.64. The van der Waals surface area contributed by atoms with E-state index in [0.29, 0.717) is 11.7 Å². The van der Waals surface area contributed by atoms with Crippen LogP contribution in [-0.2, 0) is 0 Å². The molecule has 0 aliphatic rings. The monoisotopic (exact) mass is 178 g/mol. The molecule has 0 aliphatic heterocycles. The van der Waals surface area contributed by atoms with Crippen LogP contribution in [0.5, 0.6) is 0 Å². The van der Waals surface area contributed by atoms with Gasteiger partial charge in [0.15, 0.2) is 5.82 Å². The third kappa shape index (κ3) is 2.24. The zero-order chi connectivity index (χ0) is 9.84. The van der Waals surface area contributed by atoms with Crippen LogP contribution in [0.15, 0.2) is 4.99 Å². The Morgan fingerprint density at radius 3 is 2.77 bits per heavy atom. The molecule has 0 aliphatic carbocycles. The average Bonchev–Trinajstić information content (AvgIpc) is 2.42. The Morgan fingerprint density at radius 2 is 2.23 bits per heavy atom. The number of hydrogen-bond donors (Lipinski definition) is 2. The highest BCUT2D eigenvalue weighted by Gasteiger charge is 2.05. The molecule has 0 unspecified atom stereocenters. The fourth-order valence-electron chi connectivity index (χ4n) is 0.916. The number of hydrogen-bond acceptors (Lipinski definition) is 3. The van der Waals surface area contributed by atoms with Gasteiger partial charge in [-0.25, -0.2) is 4.99 Å². The van der Waals surface area contributed by atoms with Crippen molar-refractivity contribution < 1.29 is 0 Å². The second-order valence-corrected chi connectivity index (χ2v) is 3.25. The van der Waals surface area contributed by atoms with E-state index in [1.807, 2.05) is 27.0 Å². The average molecular weight is 178 g/mol. The minimum absolute atomic E-state index is 0.399. The molecule has 1 aromatic rings. The first-order valence-corrected chi connectivity index (χ1v) is 4.24. The SMILES string of the molecule is Cc1[nH]nc(N=CC(C)C)c1C=N. The first-order valence-electron chi connectivity index (χ1n) is 4.24. The van der Waals surface area contributed by atoms with E-state index < -0.39 is 0 Å². The van der Waals surface area contributed by atoms with E-state index in [1.165, 1.54) is 6.21 Å². The van der Waals surface area contributed by atoms with Gasteiger partial charge in [-0.1, -0.05) is 13.8 Å². The van der Waals surface area contributed by atoms with Crippen molar-refractivity contribution in [3.05, 3.63) is 11.3 Å². The third-order valence-electron chi connectivity index (χ3n) is 1.61. The smallest absolute Gasteiger partial charge is 0.182 e. The van der Waals surface area contributed by atoms with Gasteiger partial charge in [-0.15, -0.1) is 0 Å². The highest BCUT2D eigenvalue weighted by molar-refractivity contribution is 5.85. The van der Waals surface area contributed by atoms with E-state index in [2.05, 4.69) is 15.2 Å². The molecule has 0 radical (unpaired) electrons. The number of nitrogens with one attached hydrogen (secondary N) is 2. The summed E-state index contributed by atoms with van der Waals surface area (Å²) in [6, 6.07) is 0. The topological polar surface area (TPSA) is 64.9 Å². The van der Waals surface area contributed by atoms with Gasteiger partial charge in [-0.05, 0) is 12.8 Å². The normalized spacial score (nSPS) is 11.4. The Hall–Kier alpha value is -1.45. The molecule has 13 heavy (non-hydrogen) atoms. The van der Waals surface area contributed by atoms with Crippen LogP contribution in [-0.4, -0.2) is 22.6 Å². The van der Waals surface area contributed by atoms with Crippen LogP contribution in [0.3, 0.4) is 0 Å². The van der Waals surface area contributed by atoms with Crippen LogP contribution in [0.4, 0.5) is 5.82 Å². The van der Waals surface area contributed by atoms with E-state index in [4.69, 9.17) is 5.41 Å². The molecule has 4 heteroatoms. The first-order chi connectivity index (χ1) is 6.15. The maximum Gasteiger partial charge on any atom is 0.182 e. The number of H-pyrrole nitrogens is 1. The van der Waals surface area contributed by atoms with E-state index >= 15 is 0 Å². The minimum atomic E-state index is 0.399. The lowest BCUT2D eigenvalue weighted by molar-refractivity contribution is 0.905. The molecule has 1 rings (SSSR count). The molecule has 0 amide bonds. The second-order valence-electron chi connectivity index (χ2n) is 3.25. The van der Waals surface area contributed by atoms with Crippen LogP contribution in [0.1, 0.15) is 25.1 Å². The number of rotatable bonds is 3. The van der Waals surface area contributed by atoms with E-state index in [9.17, 15) is 0 Å². The Kier molecular flexibility index (Phi) is 2.95. The van der Waals surface area contributed by atoms with Gasteiger partial charge in [-0.3, -0.25) is 5.10 Å². The molecule has 0 saturated carbocycles.